The van der Waals surface area contributed by atoms with Crippen molar-refractivity contribution >= 4 is 0 Å². The Morgan fingerprint density at radius 2 is 1.23 bits per heavy atom. The van der Waals surface area contributed by atoms with E-state index in [9.17, 15) is 8.78 Å². The van der Waals surface area contributed by atoms with Crippen molar-refractivity contribution < 1.29 is 18.3 Å². The van der Waals surface area contributed by atoms with Crippen molar-refractivity contribution in [1.29, 1.82) is 0 Å². The van der Waals surface area contributed by atoms with Gasteiger partial charge in [0.15, 0.2) is 0 Å². The quantitative estimate of drug-likeness (QED) is 0.876. The monoisotopic (exact) mass is 362 g/mol. The van der Waals surface area contributed by atoms with E-state index in [0.29, 0.717) is 26.3 Å². The summed E-state index contributed by atoms with van der Waals surface area (Å²) in [7, 11) is 3.67. The van der Waals surface area contributed by atoms with Gasteiger partial charge in [0.2, 0.25) is 0 Å². The molecule has 6 heteroatoms. The molecule has 26 heavy (non-hydrogen) atoms. The molecule has 0 saturated heterocycles. The normalized spacial score (nSPS) is 20.3. The summed E-state index contributed by atoms with van der Waals surface area (Å²) in [5.74, 6) is -0.314. The van der Waals surface area contributed by atoms with Crippen LogP contribution in [0.4, 0.5) is 8.78 Å². The molecule has 2 N–H and O–H groups in total. The highest BCUT2D eigenvalue weighted by Gasteiger charge is 2.26. The fourth-order valence-electron chi connectivity index (χ4n) is 3.38. The fraction of sp³-hybridized carbons (Fsp3) is 0.400. The number of ether oxygens (including phenoxy) is 2. The van der Waals surface area contributed by atoms with Crippen LogP contribution in [-0.2, 0) is 22.7 Å². The Hall–Kier alpha value is -1.86. The molecular formula is C20H24F2N2O2. The summed E-state index contributed by atoms with van der Waals surface area (Å²) in [6.45, 7) is 2.38. The number of fused-ring (bicyclic) bond motifs is 2. The standard InChI is InChI=1S/2C10H12FNO/c2*1-12-5-9-10-7(6-13-9)3-2-4-8(10)11/h2*2-4,9,12H,5-6H2,1H3/t2*9-/m10/s1. The van der Waals surface area contributed by atoms with E-state index in [1.165, 1.54) is 12.1 Å². The average molecular weight is 362 g/mol. The molecule has 0 saturated carbocycles. The molecule has 2 heterocycles. The third-order valence-electron chi connectivity index (χ3n) is 4.59. The topological polar surface area (TPSA) is 42.5 Å². The minimum absolute atomic E-state index is 0.124. The largest absolute Gasteiger partial charge is 0.367 e. The van der Waals surface area contributed by atoms with Crippen molar-refractivity contribution in [2.75, 3.05) is 27.2 Å². The van der Waals surface area contributed by atoms with Crippen molar-refractivity contribution in [3.63, 3.8) is 0 Å². The van der Waals surface area contributed by atoms with Gasteiger partial charge in [-0.2, -0.15) is 0 Å². The Morgan fingerprint density at radius 3 is 1.62 bits per heavy atom. The second-order valence-electron chi connectivity index (χ2n) is 6.34. The fourth-order valence-corrected chi connectivity index (χ4v) is 3.38. The molecule has 0 aliphatic carbocycles. The molecule has 2 aliphatic heterocycles. The van der Waals surface area contributed by atoms with Crippen LogP contribution in [0.25, 0.3) is 0 Å². The lowest BCUT2D eigenvalue weighted by Gasteiger charge is -2.10. The van der Waals surface area contributed by atoms with Gasteiger partial charge < -0.3 is 20.1 Å². The number of nitrogens with one attached hydrogen (secondary N) is 2. The lowest BCUT2D eigenvalue weighted by atomic mass is 10.0. The summed E-state index contributed by atoms with van der Waals surface area (Å²) in [5, 5.41) is 5.97. The van der Waals surface area contributed by atoms with Gasteiger partial charge in [0, 0.05) is 24.2 Å². The lowest BCUT2D eigenvalue weighted by molar-refractivity contribution is 0.0658. The van der Waals surface area contributed by atoms with E-state index in [0.717, 1.165) is 22.3 Å². The Bertz CT molecular complexity index is 687. The van der Waals surface area contributed by atoms with E-state index in [4.69, 9.17) is 9.47 Å². The Balaban J connectivity index is 0.000000151. The van der Waals surface area contributed by atoms with Crippen molar-refractivity contribution in [3.05, 3.63) is 70.3 Å². The molecule has 0 spiro atoms. The number of benzene rings is 2. The molecule has 2 aliphatic rings. The van der Waals surface area contributed by atoms with Crippen LogP contribution < -0.4 is 10.6 Å². The highest BCUT2D eigenvalue weighted by Crippen LogP contribution is 2.32. The van der Waals surface area contributed by atoms with Gasteiger partial charge in [-0.15, -0.1) is 0 Å². The first kappa shape index (κ1) is 18.9. The third-order valence-corrected chi connectivity index (χ3v) is 4.59. The van der Waals surface area contributed by atoms with Crippen LogP contribution in [0.3, 0.4) is 0 Å². The highest BCUT2D eigenvalue weighted by atomic mass is 19.1. The first-order valence-corrected chi connectivity index (χ1v) is 8.72. The van der Waals surface area contributed by atoms with Crippen LogP contribution in [-0.4, -0.2) is 27.2 Å². The predicted octanol–water partition coefficient (Wildman–Crippen LogP) is 3.23. The number of halogens is 2. The smallest absolute Gasteiger partial charge is 0.129 e. The molecule has 2 aromatic rings. The number of rotatable bonds is 4. The molecule has 2 atom stereocenters. The second-order valence-corrected chi connectivity index (χ2v) is 6.34. The Labute approximate surface area is 152 Å². The molecule has 0 radical (unpaired) electrons. The molecule has 140 valence electrons. The second kappa shape index (κ2) is 8.68. The zero-order valence-corrected chi connectivity index (χ0v) is 15.0. The third kappa shape index (κ3) is 3.94. The van der Waals surface area contributed by atoms with Crippen molar-refractivity contribution in [3.8, 4) is 0 Å². The van der Waals surface area contributed by atoms with Gasteiger partial charge in [0.1, 0.15) is 11.6 Å². The summed E-state index contributed by atoms with van der Waals surface area (Å²) < 4.78 is 37.6. The lowest BCUT2D eigenvalue weighted by Crippen LogP contribution is -2.17. The predicted molar refractivity (Wildman–Crippen MR) is 95.7 cm³/mol. The van der Waals surface area contributed by atoms with Crippen LogP contribution in [0.1, 0.15) is 34.5 Å². The van der Waals surface area contributed by atoms with Gasteiger partial charge in [-0.3, -0.25) is 0 Å². The minimum atomic E-state index is -0.157. The van der Waals surface area contributed by atoms with Gasteiger partial charge in [-0.1, -0.05) is 24.3 Å². The maximum atomic E-state index is 13.4. The van der Waals surface area contributed by atoms with Gasteiger partial charge in [-0.05, 0) is 37.4 Å². The molecule has 0 amide bonds. The number of hydrogen-bond acceptors (Lipinski definition) is 4. The number of likely N-dealkylation sites (N-methyl/N-ethyl adjacent to an activating group) is 2. The van der Waals surface area contributed by atoms with Crippen LogP contribution in [0, 0.1) is 11.6 Å². The maximum Gasteiger partial charge on any atom is 0.129 e. The zero-order chi connectivity index (χ0) is 18.5. The summed E-state index contributed by atoms with van der Waals surface area (Å²) in [6, 6.07) is 10.2. The van der Waals surface area contributed by atoms with Crippen LogP contribution in [0.15, 0.2) is 36.4 Å². The summed E-state index contributed by atoms with van der Waals surface area (Å²) in [4.78, 5) is 0. The highest BCUT2D eigenvalue weighted by molar-refractivity contribution is 5.34. The van der Waals surface area contributed by atoms with E-state index >= 15 is 0 Å². The molecule has 2 aromatic carbocycles. The van der Waals surface area contributed by atoms with Crippen molar-refractivity contribution in [2.45, 2.75) is 25.4 Å². The van der Waals surface area contributed by atoms with E-state index in [-0.39, 0.29) is 23.8 Å². The van der Waals surface area contributed by atoms with Gasteiger partial charge in [0.05, 0.1) is 25.4 Å². The van der Waals surface area contributed by atoms with Crippen molar-refractivity contribution in [2.24, 2.45) is 0 Å². The van der Waals surface area contributed by atoms with Crippen LogP contribution in [0.5, 0.6) is 0 Å². The summed E-state index contributed by atoms with van der Waals surface area (Å²) in [5.41, 5.74) is 3.38. The van der Waals surface area contributed by atoms with E-state index < -0.39 is 0 Å². The molecule has 0 bridgehead atoms. The SMILES string of the molecule is CNC[C@@H]1OCc2cccc(F)c21.CNC[C@H]1OCc2cccc(F)c21. The van der Waals surface area contributed by atoms with Gasteiger partial charge in [0.25, 0.3) is 0 Å². The first-order valence-electron chi connectivity index (χ1n) is 8.72. The van der Waals surface area contributed by atoms with Gasteiger partial charge in [-0.25, -0.2) is 8.78 Å². The van der Waals surface area contributed by atoms with E-state index in [1.807, 2.05) is 26.2 Å². The molecule has 0 aromatic heterocycles. The van der Waals surface area contributed by atoms with E-state index in [2.05, 4.69) is 10.6 Å². The van der Waals surface area contributed by atoms with Crippen LogP contribution in [0.2, 0.25) is 0 Å². The Kier molecular flexibility index (Phi) is 6.32. The number of hydrogen-bond donors (Lipinski definition) is 2. The first-order chi connectivity index (χ1) is 12.7. The molecular weight excluding hydrogens is 338 g/mol. The maximum absolute atomic E-state index is 13.4. The molecule has 4 rings (SSSR count). The Morgan fingerprint density at radius 1 is 0.808 bits per heavy atom. The minimum Gasteiger partial charge on any atom is -0.367 e. The molecule has 0 fully saturated rings. The van der Waals surface area contributed by atoms with E-state index in [1.54, 1.807) is 12.1 Å². The van der Waals surface area contributed by atoms with Crippen molar-refractivity contribution in [1.82, 2.24) is 10.6 Å². The van der Waals surface area contributed by atoms with Gasteiger partial charge >= 0.3 is 0 Å². The van der Waals surface area contributed by atoms with Crippen LogP contribution >= 0.6 is 0 Å². The average Bonchev–Trinajstić information content (AvgIpc) is 3.23. The summed E-state index contributed by atoms with van der Waals surface area (Å²) >= 11 is 0. The summed E-state index contributed by atoms with van der Waals surface area (Å²) in [6.07, 6.45) is -0.248. The molecule has 0 unspecified atom stereocenters. The molecule has 4 nitrogen and oxygen atoms in total. The zero-order valence-electron chi connectivity index (χ0n) is 15.0.